The summed E-state index contributed by atoms with van der Waals surface area (Å²) in [6, 6.07) is 7.15. The van der Waals surface area contributed by atoms with Gasteiger partial charge in [0.25, 0.3) is 5.89 Å². The van der Waals surface area contributed by atoms with Crippen molar-refractivity contribution in [2.45, 2.75) is 19.8 Å². The molecule has 1 aromatic carbocycles. The third-order valence-electron chi connectivity index (χ3n) is 2.28. The van der Waals surface area contributed by atoms with Crippen LogP contribution in [0.25, 0.3) is 11.5 Å². The van der Waals surface area contributed by atoms with E-state index in [0.29, 0.717) is 22.8 Å². The van der Waals surface area contributed by atoms with Gasteiger partial charge >= 0.3 is 0 Å². The normalized spacial score (nSPS) is 10.7. The van der Waals surface area contributed by atoms with E-state index in [1.54, 1.807) is 18.2 Å². The van der Waals surface area contributed by atoms with Gasteiger partial charge in [0.1, 0.15) is 0 Å². The van der Waals surface area contributed by atoms with Crippen LogP contribution in [0.15, 0.2) is 28.8 Å². The monoisotopic (exact) mass is 216 g/mol. The molecule has 2 rings (SSSR count). The second-order valence-electron chi connectivity index (χ2n) is 3.82. The van der Waals surface area contributed by atoms with E-state index < -0.39 is 0 Å². The molecule has 1 heterocycles. The minimum atomic E-state index is 0.209. The van der Waals surface area contributed by atoms with Crippen molar-refractivity contribution in [1.82, 2.24) is 10.1 Å². The highest BCUT2D eigenvalue weighted by atomic mass is 16.5. The Labute approximate surface area is 93.3 Å². The summed E-state index contributed by atoms with van der Waals surface area (Å²) in [5, 5.41) is 3.87. The summed E-state index contributed by atoms with van der Waals surface area (Å²) in [6.07, 6.45) is 0.786. The molecule has 0 amide bonds. The zero-order valence-corrected chi connectivity index (χ0v) is 9.18. The molecule has 0 aliphatic carbocycles. The number of carbonyl (C=O) groups is 1. The van der Waals surface area contributed by atoms with Crippen molar-refractivity contribution in [3.63, 3.8) is 0 Å². The zero-order valence-electron chi connectivity index (χ0n) is 9.18. The molecule has 82 valence electrons. The number of nitrogens with zero attached hydrogens (tertiary/aromatic N) is 2. The van der Waals surface area contributed by atoms with Crippen molar-refractivity contribution >= 4 is 6.29 Å². The fourth-order valence-corrected chi connectivity index (χ4v) is 1.37. The molecule has 0 fully saturated rings. The van der Waals surface area contributed by atoms with E-state index in [1.807, 2.05) is 19.9 Å². The van der Waals surface area contributed by atoms with Gasteiger partial charge in [-0.3, -0.25) is 4.79 Å². The first-order chi connectivity index (χ1) is 7.72. The van der Waals surface area contributed by atoms with Crippen molar-refractivity contribution in [3.8, 4) is 11.5 Å². The standard InChI is InChI=1S/C12H12N2O2/c1-8(2)11-13-12(16-14-11)10-6-4-3-5-9(10)7-15/h3-8H,1-2H3. The topological polar surface area (TPSA) is 56.0 Å². The molecule has 0 N–H and O–H groups in total. The molecule has 0 unspecified atom stereocenters. The Morgan fingerprint density at radius 1 is 1.31 bits per heavy atom. The van der Waals surface area contributed by atoms with Crippen LogP contribution >= 0.6 is 0 Å². The van der Waals surface area contributed by atoms with E-state index in [9.17, 15) is 4.79 Å². The van der Waals surface area contributed by atoms with Gasteiger partial charge < -0.3 is 4.52 Å². The van der Waals surface area contributed by atoms with Crippen LogP contribution in [0.5, 0.6) is 0 Å². The van der Waals surface area contributed by atoms with Gasteiger partial charge in [0.05, 0.1) is 5.56 Å². The van der Waals surface area contributed by atoms with Gasteiger partial charge in [-0.1, -0.05) is 37.2 Å². The van der Waals surface area contributed by atoms with E-state index in [4.69, 9.17) is 4.52 Å². The molecule has 16 heavy (non-hydrogen) atoms. The Balaban J connectivity index is 2.46. The molecule has 2 aromatic rings. The lowest BCUT2D eigenvalue weighted by molar-refractivity contribution is 0.112. The summed E-state index contributed by atoms with van der Waals surface area (Å²) < 4.78 is 5.13. The van der Waals surface area contributed by atoms with Crippen molar-refractivity contribution in [1.29, 1.82) is 0 Å². The highest BCUT2D eigenvalue weighted by Crippen LogP contribution is 2.22. The number of hydrogen-bond donors (Lipinski definition) is 0. The summed E-state index contributed by atoms with van der Waals surface area (Å²) in [7, 11) is 0. The van der Waals surface area contributed by atoms with E-state index in [1.165, 1.54) is 0 Å². The molecular weight excluding hydrogens is 204 g/mol. The summed E-state index contributed by atoms with van der Waals surface area (Å²) >= 11 is 0. The molecule has 0 aliphatic heterocycles. The lowest BCUT2D eigenvalue weighted by Gasteiger charge is -1.97. The zero-order chi connectivity index (χ0) is 11.5. The molecule has 0 atom stereocenters. The largest absolute Gasteiger partial charge is 0.334 e. The van der Waals surface area contributed by atoms with Crippen molar-refractivity contribution in [3.05, 3.63) is 35.7 Å². The third kappa shape index (κ3) is 1.86. The van der Waals surface area contributed by atoms with Crippen LogP contribution in [0.3, 0.4) is 0 Å². The van der Waals surface area contributed by atoms with Gasteiger partial charge in [-0.25, -0.2) is 0 Å². The van der Waals surface area contributed by atoms with Crippen LogP contribution in [0, 0.1) is 0 Å². The second kappa shape index (κ2) is 4.26. The van der Waals surface area contributed by atoms with Crippen LogP contribution in [0.4, 0.5) is 0 Å². The van der Waals surface area contributed by atoms with Crippen LogP contribution in [-0.4, -0.2) is 16.4 Å². The molecule has 1 aromatic heterocycles. The van der Waals surface area contributed by atoms with Gasteiger partial charge in [-0.05, 0) is 6.07 Å². The molecule has 0 spiro atoms. The van der Waals surface area contributed by atoms with Crippen LogP contribution in [-0.2, 0) is 0 Å². The predicted molar refractivity (Wildman–Crippen MR) is 59.2 cm³/mol. The van der Waals surface area contributed by atoms with E-state index in [0.717, 1.165) is 6.29 Å². The number of hydrogen-bond acceptors (Lipinski definition) is 4. The average Bonchev–Trinajstić information content (AvgIpc) is 2.78. The lowest BCUT2D eigenvalue weighted by atomic mass is 10.1. The maximum absolute atomic E-state index is 10.9. The first-order valence-corrected chi connectivity index (χ1v) is 5.10. The van der Waals surface area contributed by atoms with Gasteiger partial charge in [0, 0.05) is 11.5 Å². The molecule has 0 saturated carbocycles. The maximum Gasteiger partial charge on any atom is 0.258 e. The Morgan fingerprint density at radius 3 is 2.69 bits per heavy atom. The number of aromatic nitrogens is 2. The number of benzene rings is 1. The van der Waals surface area contributed by atoms with Crippen molar-refractivity contribution < 1.29 is 9.32 Å². The minimum absolute atomic E-state index is 0.209. The Kier molecular flexibility index (Phi) is 2.81. The first-order valence-electron chi connectivity index (χ1n) is 5.10. The minimum Gasteiger partial charge on any atom is -0.334 e. The van der Waals surface area contributed by atoms with Crippen molar-refractivity contribution in [2.24, 2.45) is 0 Å². The Bertz CT molecular complexity index is 503. The number of rotatable bonds is 3. The highest BCUT2D eigenvalue weighted by molar-refractivity contribution is 5.85. The SMILES string of the molecule is CC(C)c1noc(-c2ccccc2C=O)n1. The van der Waals surface area contributed by atoms with Crippen LogP contribution < -0.4 is 0 Å². The van der Waals surface area contributed by atoms with Gasteiger partial charge in [-0.15, -0.1) is 0 Å². The van der Waals surface area contributed by atoms with E-state index in [-0.39, 0.29) is 5.92 Å². The summed E-state index contributed by atoms with van der Waals surface area (Å²) in [5.41, 5.74) is 1.23. The van der Waals surface area contributed by atoms with Gasteiger partial charge in [0.15, 0.2) is 12.1 Å². The van der Waals surface area contributed by atoms with E-state index >= 15 is 0 Å². The maximum atomic E-state index is 10.9. The Morgan fingerprint density at radius 2 is 2.06 bits per heavy atom. The molecule has 0 bridgehead atoms. The summed E-state index contributed by atoms with van der Waals surface area (Å²) in [6.45, 7) is 3.97. The average molecular weight is 216 g/mol. The number of aldehydes is 1. The molecule has 0 radical (unpaired) electrons. The first kappa shape index (κ1) is 10.5. The summed E-state index contributed by atoms with van der Waals surface area (Å²) in [5.74, 6) is 1.25. The quantitative estimate of drug-likeness (QED) is 0.740. The van der Waals surface area contributed by atoms with E-state index in [2.05, 4.69) is 10.1 Å². The summed E-state index contributed by atoms with van der Waals surface area (Å²) in [4.78, 5) is 15.1. The molecule has 0 aliphatic rings. The highest BCUT2D eigenvalue weighted by Gasteiger charge is 2.13. The third-order valence-corrected chi connectivity index (χ3v) is 2.28. The second-order valence-corrected chi connectivity index (χ2v) is 3.82. The van der Waals surface area contributed by atoms with Crippen molar-refractivity contribution in [2.75, 3.05) is 0 Å². The van der Waals surface area contributed by atoms with Gasteiger partial charge in [-0.2, -0.15) is 4.98 Å². The van der Waals surface area contributed by atoms with Crippen LogP contribution in [0.1, 0.15) is 35.9 Å². The van der Waals surface area contributed by atoms with Gasteiger partial charge in [0.2, 0.25) is 0 Å². The fourth-order valence-electron chi connectivity index (χ4n) is 1.37. The molecular formula is C12H12N2O2. The number of carbonyl (C=O) groups excluding carboxylic acids is 1. The predicted octanol–water partition coefficient (Wildman–Crippen LogP) is 2.67. The smallest absolute Gasteiger partial charge is 0.258 e. The molecule has 0 saturated heterocycles. The molecule has 4 nitrogen and oxygen atoms in total. The Hall–Kier alpha value is -1.97. The fraction of sp³-hybridized carbons (Fsp3) is 0.250. The van der Waals surface area contributed by atoms with Crippen LogP contribution in [0.2, 0.25) is 0 Å². The lowest BCUT2D eigenvalue weighted by Crippen LogP contribution is -1.90. The molecule has 4 heteroatoms.